The number of ether oxygens (including phenoxy) is 1. The minimum atomic E-state index is -0.0285. The van der Waals surface area contributed by atoms with Crippen molar-refractivity contribution in [1.29, 1.82) is 0 Å². The summed E-state index contributed by atoms with van der Waals surface area (Å²) in [5.41, 5.74) is 7.95. The molecule has 21 heavy (non-hydrogen) atoms. The van der Waals surface area contributed by atoms with Crippen molar-refractivity contribution in [3.63, 3.8) is 0 Å². The predicted molar refractivity (Wildman–Crippen MR) is 83.3 cm³/mol. The van der Waals surface area contributed by atoms with E-state index in [4.69, 9.17) is 10.5 Å². The second-order valence-corrected chi connectivity index (χ2v) is 4.90. The number of aromatic nitrogens is 1. The van der Waals surface area contributed by atoms with Crippen molar-refractivity contribution < 1.29 is 9.53 Å². The minimum absolute atomic E-state index is 0.0285. The molecule has 112 valence electrons. The molecule has 1 aromatic heterocycles. The maximum Gasteiger partial charge on any atom is 0.254 e. The van der Waals surface area contributed by atoms with Gasteiger partial charge in [0, 0.05) is 37.8 Å². The fraction of sp³-hybridized carbons (Fsp3) is 0.375. The fourth-order valence-corrected chi connectivity index (χ4v) is 2.33. The molecule has 2 rings (SSSR count). The average molecular weight is 287 g/mol. The molecule has 5 nitrogen and oxygen atoms in total. The zero-order chi connectivity index (χ0) is 15.2. The van der Waals surface area contributed by atoms with Crippen LogP contribution in [0.3, 0.4) is 0 Å². The number of fused-ring (bicyclic) bond motifs is 1. The highest BCUT2D eigenvalue weighted by molar-refractivity contribution is 6.06. The van der Waals surface area contributed by atoms with Crippen molar-refractivity contribution in [2.75, 3.05) is 33.4 Å². The van der Waals surface area contributed by atoms with E-state index in [-0.39, 0.29) is 5.91 Å². The fourth-order valence-electron chi connectivity index (χ4n) is 2.33. The van der Waals surface area contributed by atoms with Crippen LogP contribution in [0.25, 0.3) is 10.9 Å². The van der Waals surface area contributed by atoms with Gasteiger partial charge in [0.05, 0.1) is 17.7 Å². The van der Waals surface area contributed by atoms with Gasteiger partial charge in [-0.2, -0.15) is 0 Å². The first-order valence-electron chi connectivity index (χ1n) is 7.02. The number of nitrogens with zero attached hydrogens (tertiary/aromatic N) is 2. The highest BCUT2D eigenvalue weighted by atomic mass is 16.5. The molecule has 0 fully saturated rings. The van der Waals surface area contributed by atoms with Gasteiger partial charge in [-0.3, -0.25) is 9.78 Å². The van der Waals surface area contributed by atoms with Gasteiger partial charge in [-0.15, -0.1) is 0 Å². The third kappa shape index (κ3) is 3.56. The summed E-state index contributed by atoms with van der Waals surface area (Å²) in [6.07, 6.45) is 0. The smallest absolute Gasteiger partial charge is 0.254 e. The van der Waals surface area contributed by atoms with Gasteiger partial charge >= 0.3 is 0 Å². The summed E-state index contributed by atoms with van der Waals surface area (Å²) in [6, 6.07) is 9.51. The zero-order valence-electron chi connectivity index (χ0n) is 12.5. The highest BCUT2D eigenvalue weighted by Gasteiger charge is 2.18. The molecule has 5 heteroatoms. The van der Waals surface area contributed by atoms with Gasteiger partial charge in [0.15, 0.2) is 0 Å². The molecule has 0 aliphatic heterocycles. The molecule has 0 radical (unpaired) electrons. The standard InChI is InChI=1S/C16H21N3O2/c1-12-11-14(13-5-3-4-6-15(13)18-12)16(20)19(8-7-17)9-10-21-2/h3-6,11H,7-10,17H2,1-2H3. The second kappa shape index (κ2) is 7.15. The summed E-state index contributed by atoms with van der Waals surface area (Å²) in [7, 11) is 1.62. The molecule has 0 saturated carbocycles. The number of nitrogens with two attached hydrogens (primary N) is 1. The molecule has 0 aliphatic carbocycles. The Kier molecular flexibility index (Phi) is 5.25. The maximum absolute atomic E-state index is 12.8. The van der Waals surface area contributed by atoms with E-state index in [0.29, 0.717) is 31.8 Å². The predicted octanol–water partition coefficient (Wildman–Crippen LogP) is 1.59. The molecule has 0 unspecified atom stereocenters. The van der Waals surface area contributed by atoms with E-state index in [0.717, 1.165) is 16.6 Å². The van der Waals surface area contributed by atoms with E-state index in [9.17, 15) is 4.79 Å². The Hall–Kier alpha value is -1.98. The molecule has 1 aromatic carbocycles. The van der Waals surface area contributed by atoms with Gasteiger partial charge in [0.1, 0.15) is 0 Å². The molecule has 0 bridgehead atoms. The molecule has 1 amide bonds. The lowest BCUT2D eigenvalue weighted by Crippen LogP contribution is -2.37. The zero-order valence-corrected chi connectivity index (χ0v) is 12.5. The number of carbonyl (C=O) groups is 1. The first-order chi connectivity index (χ1) is 10.2. The van der Waals surface area contributed by atoms with Crippen LogP contribution in [0.15, 0.2) is 30.3 Å². The number of para-hydroxylation sites is 1. The van der Waals surface area contributed by atoms with Crippen molar-refractivity contribution in [2.45, 2.75) is 6.92 Å². The van der Waals surface area contributed by atoms with Gasteiger partial charge in [-0.05, 0) is 19.1 Å². The lowest BCUT2D eigenvalue weighted by atomic mass is 10.1. The van der Waals surface area contributed by atoms with Crippen molar-refractivity contribution >= 4 is 16.8 Å². The molecule has 1 heterocycles. The summed E-state index contributed by atoms with van der Waals surface area (Å²) in [5, 5.41) is 0.868. The Morgan fingerprint density at radius 3 is 2.81 bits per heavy atom. The van der Waals surface area contributed by atoms with Crippen LogP contribution >= 0.6 is 0 Å². The molecule has 2 N–H and O–H groups in total. The lowest BCUT2D eigenvalue weighted by Gasteiger charge is -2.22. The Labute approximate surface area is 124 Å². The van der Waals surface area contributed by atoms with Crippen LogP contribution in [-0.2, 0) is 4.74 Å². The first kappa shape index (κ1) is 15.4. The molecule has 2 aromatic rings. The average Bonchev–Trinajstić information content (AvgIpc) is 2.50. The van der Waals surface area contributed by atoms with Crippen molar-refractivity contribution in [3.8, 4) is 0 Å². The van der Waals surface area contributed by atoms with Crippen LogP contribution in [0.2, 0.25) is 0 Å². The number of hydrogen-bond acceptors (Lipinski definition) is 4. The van der Waals surface area contributed by atoms with Gasteiger partial charge in [0.2, 0.25) is 0 Å². The number of rotatable bonds is 6. The third-order valence-electron chi connectivity index (χ3n) is 3.33. The molecule has 0 saturated heterocycles. The Morgan fingerprint density at radius 2 is 2.10 bits per heavy atom. The number of hydrogen-bond donors (Lipinski definition) is 1. The molecular weight excluding hydrogens is 266 g/mol. The van der Waals surface area contributed by atoms with E-state index < -0.39 is 0 Å². The number of carbonyl (C=O) groups excluding carboxylic acids is 1. The summed E-state index contributed by atoms with van der Waals surface area (Å²) in [4.78, 5) is 19.0. The quantitative estimate of drug-likeness (QED) is 0.876. The molecule has 0 aliphatic rings. The Bertz CT molecular complexity index is 628. The van der Waals surface area contributed by atoms with Gasteiger partial charge in [-0.1, -0.05) is 18.2 Å². The normalized spacial score (nSPS) is 10.8. The van der Waals surface area contributed by atoms with Crippen LogP contribution < -0.4 is 5.73 Å². The van der Waals surface area contributed by atoms with Crippen LogP contribution in [0.1, 0.15) is 16.1 Å². The van der Waals surface area contributed by atoms with E-state index in [1.165, 1.54) is 0 Å². The first-order valence-corrected chi connectivity index (χ1v) is 7.02. The van der Waals surface area contributed by atoms with Crippen LogP contribution in [0.5, 0.6) is 0 Å². The summed E-state index contributed by atoms with van der Waals surface area (Å²) >= 11 is 0. The topological polar surface area (TPSA) is 68.5 Å². The van der Waals surface area contributed by atoms with Gasteiger partial charge in [-0.25, -0.2) is 0 Å². The molecule has 0 spiro atoms. The number of pyridine rings is 1. The minimum Gasteiger partial charge on any atom is -0.383 e. The van der Waals surface area contributed by atoms with Crippen molar-refractivity contribution in [2.24, 2.45) is 5.73 Å². The van der Waals surface area contributed by atoms with Gasteiger partial charge < -0.3 is 15.4 Å². The molecule has 0 atom stereocenters. The van der Waals surface area contributed by atoms with E-state index in [1.807, 2.05) is 37.3 Å². The van der Waals surface area contributed by atoms with E-state index >= 15 is 0 Å². The monoisotopic (exact) mass is 287 g/mol. The highest BCUT2D eigenvalue weighted by Crippen LogP contribution is 2.19. The largest absolute Gasteiger partial charge is 0.383 e. The number of methoxy groups -OCH3 is 1. The van der Waals surface area contributed by atoms with Crippen LogP contribution in [0.4, 0.5) is 0 Å². The Morgan fingerprint density at radius 1 is 1.33 bits per heavy atom. The summed E-state index contributed by atoms with van der Waals surface area (Å²) in [5.74, 6) is -0.0285. The van der Waals surface area contributed by atoms with Crippen LogP contribution in [0, 0.1) is 6.92 Å². The Balaban J connectivity index is 2.41. The van der Waals surface area contributed by atoms with E-state index in [1.54, 1.807) is 12.0 Å². The van der Waals surface area contributed by atoms with Gasteiger partial charge in [0.25, 0.3) is 5.91 Å². The van der Waals surface area contributed by atoms with Crippen LogP contribution in [-0.4, -0.2) is 49.1 Å². The third-order valence-corrected chi connectivity index (χ3v) is 3.33. The molecular formula is C16H21N3O2. The number of aryl methyl sites for hydroxylation is 1. The number of amides is 1. The SMILES string of the molecule is COCCN(CCN)C(=O)c1cc(C)nc2ccccc12. The second-order valence-electron chi connectivity index (χ2n) is 4.90. The van der Waals surface area contributed by atoms with Crippen molar-refractivity contribution in [1.82, 2.24) is 9.88 Å². The summed E-state index contributed by atoms with van der Waals surface area (Å²) < 4.78 is 5.07. The maximum atomic E-state index is 12.8. The number of benzene rings is 1. The van der Waals surface area contributed by atoms with E-state index in [2.05, 4.69) is 4.98 Å². The van der Waals surface area contributed by atoms with Crippen molar-refractivity contribution in [3.05, 3.63) is 41.6 Å². The lowest BCUT2D eigenvalue weighted by molar-refractivity contribution is 0.0703. The summed E-state index contributed by atoms with van der Waals surface area (Å²) in [6.45, 7) is 3.86.